The van der Waals surface area contributed by atoms with E-state index < -0.39 is 15.8 Å². The molecular formula is C9H11ClFNO2S. The maximum absolute atomic E-state index is 12.7. The molecule has 0 atom stereocenters. The summed E-state index contributed by atoms with van der Waals surface area (Å²) in [5.74, 6) is -0.260. The third-order valence-corrected chi connectivity index (χ3v) is 3.28. The minimum absolute atomic E-state index is 0.0625. The minimum atomic E-state index is -3.41. The van der Waals surface area contributed by atoms with Crippen molar-refractivity contribution in [3.8, 4) is 0 Å². The first kappa shape index (κ1) is 12.3. The molecule has 0 aliphatic heterocycles. The van der Waals surface area contributed by atoms with Crippen molar-refractivity contribution < 1.29 is 12.8 Å². The van der Waals surface area contributed by atoms with Crippen LogP contribution in [0.2, 0.25) is 0 Å². The zero-order valence-electron chi connectivity index (χ0n) is 7.91. The summed E-state index contributed by atoms with van der Waals surface area (Å²) in [6.45, 7) is 0. The third-order valence-electron chi connectivity index (χ3n) is 1.64. The molecule has 15 heavy (non-hydrogen) atoms. The highest BCUT2D eigenvalue weighted by Gasteiger charge is 2.09. The molecule has 0 spiro atoms. The molecule has 0 aromatic heterocycles. The Kier molecular flexibility index (Phi) is 4.35. The van der Waals surface area contributed by atoms with Crippen molar-refractivity contribution in [3.05, 3.63) is 30.1 Å². The van der Waals surface area contributed by atoms with E-state index in [9.17, 15) is 12.8 Å². The molecule has 3 nitrogen and oxygen atoms in total. The summed E-state index contributed by atoms with van der Waals surface area (Å²) in [6, 6.07) is 5.30. The number of nitrogens with one attached hydrogen (secondary N) is 1. The molecule has 0 unspecified atom stereocenters. The highest BCUT2D eigenvalue weighted by atomic mass is 35.5. The smallest absolute Gasteiger partial charge is 0.232 e. The van der Waals surface area contributed by atoms with Crippen LogP contribution in [0.25, 0.3) is 0 Å². The third kappa shape index (κ3) is 4.48. The molecule has 0 fully saturated rings. The molecular weight excluding hydrogens is 241 g/mol. The number of rotatable bonds is 5. The van der Waals surface area contributed by atoms with Crippen LogP contribution in [0.5, 0.6) is 0 Å². The molecule has 0 aliphatic carbocycles. The second-order valence-electron chi connectivity index (χ2n) is 2.97. The Balaban J connectivity index is 2.69. The Morgan fingerprint density at radius 2 is 2.13 bits per heavy atom. The summed E-state index contributed by atoms with van der Waals surface area (Å²) in [5.41, 5.74) is 0.226. The first-order valence-corrected chi connectivity index (χ1v) is 6.54. The van der Waals surface area contributed by atoms with Crippen molar-refractivity contribution >= 4 is 27.3 Å². The van der Waals surface area contributed by atoms with Gasteiger partial charge in [0.15, 0.2) is 0 Å². The van der Waals surface area contributed by atoms with Gasteiger partial charge in [-0.15, -0.1) is 11.6 Å². The molecule has 0 aliphatic rings. The first-order valence-electron chi connectivity index (χ1n) is 4.35. The normalized spacial score (nSPS) is 11.3. The van der Waals surface area contributed by atoms with Gasteiger partial charge < -0.3 is 0 Å². The van der Waals surface area contributed by atoms with Gasteiger partial charge in [0.2, 0.25) is 10.0 Å². The van der Waals surface area contributed by atoms with Gasteiger partial charge in [0, 0.05) is 5.88 Å². The van der Waals surface area contributed by atoms with Crippen molar-refractivity contribution in [3.63, 3.8) is 0 Å². The Labute approximate surface area is 93.3 Å². The summed E-state index contributed by atoms with van der Waals surface area (Å²) in [6.07, 6.45) is 0.367. The molecule has 0 bridgehead atoms. The molecule has 0 saturated heterocycles. The van der Waals surface area contributed by atoms with E-state index in [1.165, 1.54) is 18.2 Å². The number of benzene rings is 1. The summed E-state index contributed by atoms with van der Waals surface area (Å²) < 4.78 is 37.8. The van der Waals surface area contributed by atoms with E-state index >= 15 is 0 Å². The predicted molar refractivity (Wildman–Crippen MR) is 59.1 cm³/mol. The largest absolute Gasteiger partial charge is 0.283 e. The fourth-order valence-corrected chi connectivity index (χ4v) is 2.43. The second-order valence-corrected chi connectivity index (χ2v) is 5.19. The van der Waals surface area contributed by atoms with Crippen LogP contribution in [-0.2, 0) is 10.0 Å². The zero-order chi connectivity index (χ0) is 11.3. The Hall–Kier alpha value is -0.810. The number of alkyl halides is 1. The van der Waals surface area contributed by atoms with E-state index in [1.807, 2.05) is 0 Å². The molecule has 1 rings (SSSR count). The van der Waals surface area contributed by atoms with Crippen LogP contribution in [0.4, 0.5) is 10.1 Å². The number of hydrogen-bond donors (Lipinski definition) is 1. The van der Waals surface area contributed by atoms with Gasteiger partial charge in [-0.3, -0.25) is 4.72 Å². The summed E-state index contributed by atoms with van der Waals surface area (Å²) >= 11 is 5.38. The molecule has 84 valence electrons. The molecule has 1 aromatic carbocycles. The van der Waals surface area contributed by atoms with Gasteiger partial charge >= 0.3 is 0 Å². The van der Waals surface area contributed by atoms with E-state index in [-0.39, 0.29) is 17.3 Å². The van der Waals surface area contributed by atoms with E-state index in [4.69, 9.17) is 11.6 Å². The molecule has 0 saturated carbocycles. The zero-order valence-corrected chi connectivity index (χ0v) is 9.48. The van der Waals surface area contributed by atoms with Crippen LogP contribution in [0, 0.1) is 5.82 Å². The average Bonchev–Trinajstić information content (AvgIpc) is 2.14. The molecule has 1 aromatic rings. The van der Waals surface area contributed by atoms with Crippen molar-refractivity contribution in [1.82, 2.24) is 0 Å². The van der Waals surface area contributed by atoms with Gasteiger partial charge in [-0.2, -0.15) is 0 Å². The highest BCUT2D eigenvalue weighted by molar-refractivity contribution is 7.92. The molecule has 0 amide bonds. The lowest BCUT2D eigenvalue weighted by atomic mass is 10.3. The van der Waals surface area contributed by atoms with Crippen LogP contribution in [0.3, 0.4) is 0 Å². The molecule has 1 N–H and O–H groups in total. The van der Waals surface area contributed by atoms with Gasteiger partial charge in [0.05, 0.1) is 11.4 Å². The molecule has 0 radical (unpaired) electrons. The summed E-state index contributed by atoms with van der Waals surface area (Å²) in [7, 11) is -3.41. The fraction of sp³-hybridized carbons (Fsp3) is 0.333. The van der Waals surface area contributed by atoms with Gasteiger partial charge in [-0.05, 0) is 24.6 Å². The van der Waals surface area contributed by atoms with Crippen LogP contribution >= 0.6 is 11.6 Å². The number of hydrogen-bond acceptors (Lipinski definition) is 2. The maximum atomic E-state index is 12.7. The Bertz CT molecular complexity index is 422. The highest BCUT2D eigenvalue weighted by Crippen LogP contribution is 2.11. The fourth-order valence-electron chi connectivity index (χ4n) is 1.03. The van der Waals surface area contributed by atoms with Gasteiger partial charge in [0.25, 0.3) is 0 Å². The Morgan fingerprint density at radius 3 is 2.73 bits per heavy atom. The lowest BCUT2D eigenvalue weighted by Crippen LogP contribution is -2.16. The topological polar surface area (TPSA) is 46.2 Å². The van der Waals surface area contributed by atoms with Crippen LogP contribution in [0.1, 0.15) is 6.42 Å². The van der Waals surface area contributed by atoms with Gasteiger partial charge in [-0.1, -0.05) is 6.07 Å². The molecule has 0 heterocycles. The Morgan fingerprint density at radius 1 is 1.40 bits per heavy atom. The summed E-state index contributed by atoms with van der Waals surface area (Å²) in [4.78, 5) is 0. The predicted octanol–water partition coefficient (Wildman–Crippen LogP) is 2.20. The molecule has 6 heteroatoms. The van der Waals surface area contributed by atoms with Crippen LogP contribution in [-0.4, -0.2) is 20.1 Å². The van der Waals surface area contributed by atoms with Crippen molar-refractivity contribution in [2.24, 2.45) is 0 Å². The first-order chi connectivity index (χ1) is 7.03. The van der Waals surface area contributed by atoms with Crippen molar-refractivity contribution in [1.29, 1.82) is 0 Å². The van der Waals surface area contributed by atoms with Crippen LogP contribution in [0.15, 0.2) is 24.3 Å². The van der Waals surface area contributed by atoms with E-state index in [0.29, 0.717) is 6.42 Å². The van der Waals surface area contributed by atoms with E-state index in [2.05, 4.69) is 4.72 Å². The maximum Gasteiger partial charge on any atom is 0.232 e. The lowest BCUT2D eigenvalue weighted by Gasteiger charge is -2.06. The van der Waals surface area contributed by atoms with Crippen molar-refractivity contribution in [2.45, 2.75) is 6.42 Å². The average molecular weight is 252 g/mol. The number of halogens is 2. The quantitative estimate of drug-likeness (QED) is 0.816. The van der Waals surface area contributed by atoms with Gasteiger partial charge in [0.1, 0.15) is 5.82 Å². The minimum Gasteiger partial charge on any atom is -0.283 e. The van der Waals surface area contributed by atoms with E-state index in [1.54, 1.807) is 0 Å². The SMILES string of the molecule is O=S(=O)(CCCCl)Nc1cccc(F)c1. The van der Waals surface area contributed by atoms with Gasteiger partial charge in [-0.25, -0.2) is 12.8 Å². The number of anilines is 1. The van der Waals surface area contributed by atoms with Crippen molar-refractivity contribution in [2.75, 3.05) is 16.4 Å². The number of sulfonamides is 1. The standard InChI is InChI=1S/C9H11ClFNO2S/c10-5-2-6-15(13,14)12-9-4-1-3-8(11)7-9/h1,3-4,7,12H,2,5-6H2. The summed E-state index contributed by atoms with van der Waals surface area (Å²) in [5, 5.41) is 0. The second kappa shape index (κ2) is 5.32. The monoisotopic (exact) mass is 251 g/mol. The van der Waals surface area contributed by atoms with Crippen LogP contribution < -0.4 is 4.72 Å². The lowest BCUT2D eigenvalue weighted by molar-refractivity contribution is 0.600. The van der Waals surface area contributed by atoms with E-state index in [0.717, 1.165) is 6.07 Å².